The first kappa shape index (κ1) is 15.1. The van der Waals surface area contributed by atoms with Crippen LogP contribution in [-0.4, -0.2) is 23.5 Å². The van der Waals surface area contributed by atoms with E-state index in [1.807, 2.05) is 36.4 Å². The standard InChI is InChI=1S/C17H18ClNO3/c18-13-5-1-10(2-6-13)7-8-19-16(20)14-11-3-4-12(9-11)15(14)17(21)22/h1-6,11-12,14-15H,7-9H2,(H,19,20)(H,21,22)/t11-,12-,14-,15+/m0/s1. The number of fused-ring (bicyclic) bond motifs is 2. The molecule has 0 aromatic heterocycles. The topological polar surface area (TPSA) is 66.4 Å². The third-order valence-corrected chi connectivity index (χ3v) is 4.93. The van der Waals surface area contributed by atoms with Gasteiger partial charge in [0, 0.05) is 11.6 Å². The molecule has 0 saturated heterocycles. The van der Waals surface area contributed by atoms with Crippen molar-refractivity contribution in [1.29, 1.82) is 0 Å². The molecule has 0 heterocycles. The van der Waals surface area contributed by atoms with E-state index < -0.39 is 17.8 Å². The van der Waals surface area contributed by atoms with Gasteiger partial charge in [-0.05, 0) is 42.4 Å². The Hall–Kier alpha value is -1.81. The number of aliphatic carboxylic acids is 1. The first-order valence-electron chi connectivity index (χ1n) is 7.49. The Balaban J connectivity index is 1.56. The summed E-state index contributed by atoms with van der Waals surface area (Å²) in [5.41, 5.74) is 1.09. The predicted octanol–water partition coefficient (Wildman–Crippen LogP) is 2.52. The maximum absolute atomic E-state index is 12.4. The fraction of sp³-hybridized carbons (Fsp3) is 0.412. The Morgan fingerprint density at radius 1 is 1.14 bits per heavy atom. The van der Waals surface area contributed by atoms with Crippen molar-refractivity contribution in [3.8, 4) is 0 Å². The summed E-state index contributed by atoms with van der Waals surface area (Å²) < 4.78 is 0. The van der Waals surface area contributed by atoms with Crippen molar-refractivity contribution in [3.05, 3.63) is 47.0 Å². The average Bonchev–Trinajstić information content (AvgIpc) is 3.09. The lowest BCUT2D eigenvalue weighted by Gasteiger charge is -2.23. The Morgan fingerprint density at radius 3 is 2.41 bits per heavy atom. The van der Waals surface area contributed by atoms with Gasteiger partial charge in [0.1, 0.15) is 0 Å². The van der Waals surface area contributed by atoms with Crippen molar-refractivity contribution >= 4 is 23.5 Å². The van der Waals surface area contributed by atoms with Crippen molar-refractivity contribution < 1.29 is 14.7 Å². The summed E-state index contributed by atoms with van der Waals surface area (Å²) >= 11 is 5.83. The van der Waals surface area contributed by atoms with Gasteiger partial charge in [-0.2, -0.15) is 0 Å². The SMILES string of the molecule is O=C(NCCc1ccc(Cl)cc1)[C@@H]1[C@H](C(=O)O)[C@H]2C=C[C@H]1C2. The van der Waals surface area contributed by atoms with Crippen LogP contribution in [0.1, 0.15) is 12.0 Å². The quantitative estimate of drug-likeness (QED) is 0.820. The molecule has 1 aromatic rings. The van der Waals surface area contributed by atoms with Crippen LogP contribution in [0.3, 0.4) is 0 Å². The molecule has 4 atom stereocenters. The maximum atomic E-state index is 12.4. The number of halogens is 1. The third kappa shape index (κ3) is 2.88. The van der Waals surface area contributed by atoms with E-state index in [-0.39, 0.29) is 17.7 Å². The van der Waals surface area contributed by atoms with Crippen molar-refractivity contribution in [2.45, 2.75) is 12.8 Å². The number of rotatable bonds is 5. The van der Waals surface area contributed by atoms with Gasteiger partial charge in [0.2, 0.25) is 5.91 Å². The zero-order valence-electron chi connectivity index (χ0n) is 12.0. The van der Waals surface area contributed by atoms with Crippen molar-refractivity contribution in [2.24, 2.45) is 23.7 Å². The van der Waals surface area contributed by atoms with Gasteiger partial charge in [-0.3, -0.25) is 9.59 Å². The highest BCUT2D eigenvalue weighted by Crippen LogP contribution is 2.48. The molecular weight excluding hydrogens is 302 g/mol. The summed E-state index contributed by atoms with van der Waals surface area (Å²) in [6, 6.07) is 7.49. The second kappa shape index (κ2) is 6.13. The number of carbonyl (C=O) groups is 2. The Bertz CT molecular complexity index is 611. The number of hydrogen-bond donors (Lipinski definition) is 2. The molecule has 2 N–H and O–H groups in total. The number of benzene rings is 1. The first-order chi connectivity index (χ1) is 10.6. The summed E-state index contributed by atoms with van der Waals surface area (Å²) in [6.07, 6.45) is 5.43. The molecule has 116 valence electrons. The fourth-order valence-corrected chi connectivity index (χ4v) is 3.74. The number of hydrogen-bond acceptors (Lipinski definition) is 2. The van der Waals surface area contributed by atoms with Gasteiger partial charge in [-0.15, -0.1) is 0 Å². The lowest BCUT2D eigenvalue weighted by atomic mass is 9.82. The smallest absolute Gasteiger partial charge is 0.307 e. The minimum absolute atomic E-state index is 0.00881. The number of allylic oxidation sites excluding steroid dienone is 2. The minimum Gasteiger partial charge on any atom is -0.481 e. The number of carboxylic acid groups (broad SMARTS) is 1. The number of carbonyl (C=O) groups excluding carboxylic acids is 1. The largest absolute Gasteiger partial charge is 0.481 e. The number of carboxylic acids is 1. The van der Waals surface area contributed by atoms with E-state index in [9.17, 15) is 14.7 Å². The van der Waals surface area contributed by atoms with Gasteiger partial charge < -0.3 is 10.4 Å². The molecule has 0 aliphatic heterocycles. The molecule has 0 spiro atoms. The molecule has 1 aromatic carbocycles. The third-order valence-electron chi connectivity index (χ3n) is 4.67. The average molecular weight is 320 g/mol. The summed E-state index contributed by atoms with van der Waals surface area (Å²) in [5.74, 6) is -1.94. The van der Waals surface area contributed by atoms with E-state index in [0.29, 0.717) is 18.0 Å². The Morgan fingerprint density at radius 2 is 1.77 bits per heavy atom. The van der Waals surface area contributed by atoms with Crippen LogP contribution in [0.5, 0.6) is 0 Å². The Kier molecular flexibility index (Phi) is 4.21. The molecule has 22 heavy (non-hydrogen) atoms. The van der Waals surface area contributed by atoms with Crippen LogP contribution in [0.4, 0.5) is 0 Å². The van der Waals surface area contributed by atoms with Crippen LogP contribution in [0, 0.1) is 23.7 Å². The van der Waals surface area contributed by atoms with E-state index in [2.05, 4.69) is 5.32 Å². The number of amides is 1. The van der Waals surface area contributed by atoms with Crippen LogP contribution in [0.15, 0.2) is 36.4 Å². The zero-order chi connectivity index (χ0) is 15.7. The fourth-order valence-electron chi connectivity index (χ4n) is 3.62. The Labute approximate surface area is 134 Å². The molecule has 2 bridgehead atoms. The van der Waals surface area contributed by atoms with E-state index in [1.54, 1.807) is 0 Å². The summed E-state index contributed by atoms with van der Waals surface area (Å²) in [7, 11) is 0. The summed E-state index contributed by atoms with van der Waals surface area (Å²) in [4.78, 5) is 23.8. The molecule has 1 saturated carbocycles. The molecule has 5 heteroatoms. The van der Waals surface area contributed by atoms with Gasteiger partial charge in [0.05, 0.1) is 11.8 Å². The van der Waals surface area contributed by atoms with Crippen molar-refractivity contribution in [1.82, 2.24) is 5.32 Å². The van der Waals surface area contributed by atoms with Crippen LogP contribution in [0.25, 0.3) is 0 Å². The predicted molar refractivity (Wildman–Crippen MR) is 83.5 cm³/mol. The normalized spacial score (nSPS) is 28.8. The zero-order valence-corrected chi connectivity index (χ0v) is 12.8. The molecule has 1 amide bonds. The second-order valence-electron chi connectivity index (χ2n) is 6.01. The van der Waals surface area contributed by atoms with Gasteiger partial charge in [0.15, 0.2) is 0 Å². The van der Waals surface area contributed by atoms with Crippen LogP contribution in [-0.2, 0) is 16.0 Å². The molecule has 0 radical (unpaired) electrons. The minimum atomic E-state index is -0.866. The highest BCUT2D eigenvalue weighted by Gasteiger charge is 2.51. The molecular formula is C17H18ClNO3. The van der Waals surface area contributed by atoms with E-state index in [4.69, 9.17) is 11.6 Å². The molecule has 3 rings (SSSR count). The molecule has 1 fully saturated rings. The first-order valence-corrected chi connectivity index (χ1v) is 7.87. The number of nitrogens with one attached hydrogen (secondary N) is 1. The monoisotopic (exact) mass is 319 g/mol. The summed E-state index contributed by atoms with van der Waals surface area (Å²) in [6.45, 7) is 0.504. The molecule has 4 nitrogen and oxygen atoms in total. The lowest BCUT2D eigenvalue weighted by molar-refractivity contribution is -0.147. The molecule has 2 aliphatic carbocycles. The van der Waals surface area contributed by atoms with Crippen LogP contribution < -0.4 is 5.32 Å². The van der Waals surface area contributed by atoms with E-state index in [0.717, 1.165) is 12.0 Å². The van der Waals surface area contributed by atoms with Gasteiger partial charge >= 0.3 is 5.97 Å². The van der Waals surface area contributed by atoms with Gasteiger partial charge in [0.25, 0.3) is 0 Å². The summed E-state index contributed by atoms with van der Waals surface area (Å²) in [5, 5.41) is 12.9. The van der Waals surface area contributed by atoms with Crippen LogP contribution in [0.2, 0.25) is 5.02 Å². The van der Waals surface area contributed by atoms with E-state index >= 15 is 0 Å². The van der Waals surface area contributed by atoms with Crippen molar-refractivity contribution in [2.75, 3.05) is 6.54 Å². The molecule has 0 unspecified atom stereocenters. The highest BCUT2D eigenvalue weighted by molar-refractivity contribution is 6.30. The van der Waals surface area contributed by atoms with Crippen LogP contribution >= 0.6 is 11.6 Å². The van der Waals surface area contributed by atoms with Gasteiger partial charge in [-0.1, -0.05) is 35.9 Å². The lowest BCUT2D eigenvalue weighted by Crippen LogP contribution is -2.40. The second-order valence-corrected chi connectivity index (χ2v) is 6.44. The maximum Gasteiger partial charge on any atom is 0.307 e. The van der Waals surface area contributed by atoms with E-state index in [1.165, 1.54) is 0 Å². The van der Waals surface area contributed by atoms with Crippen molar-refractivity contribution in [3.63, 3.8) is 0 Å². The molecule has 2 aliphatic rings. The highest BCUT2D eigenvalue weighted by atomic mass is 35.5. The van der Waals surface area contributed by atoms with Gasteiger partial charge in [-0.25, -0.2) is 0 Å².